The number of ether oxygens (including phenoxy) is 1. The van der Waals surface area contributed by atoms with E-state index in [0.29, 0.717) is 4.47 Å². The molecular formula is C13H6BrClFNO4. The second-order valence-corrected chi connectivity index (χ2v) is 5.21. The molecule has 2 aromatic rings. The van der Waals surface area contributed by atoms with Gasteiger partial charge in [-0.1, -0.05) is 27.5 Å². The van der Waals surface area contributed by atoms with Gasteiger partial charge >= 0.3 is 5.97 Å². The topological polar surface area (TPSA) is 69.4 Å². The van der Waals surface area contributed by atoms with Crippen molar-refractivity contribution in [3.63, 3.8) is 0 Å². The Bertz CT molecular complexity index is 738. The number of non-ortho nitro benzene ring substituents is 1. The van der Waals surface area contributed by atoms with E-state index in [2.05, 4.69) is 15.9 Å². The van der Waals surface area contributed by atoms with Gasteiger partial charge in [0, 0.05) is 16.6 Å². The molecule has 2 aromatic carbocycles. The number of benzene rings is 2. The number of esters is 1. The van der Waals surface area contributed by atoms with E-state index in [9.17, 15) is 19.3 Å². The van der Waals surface area contributed by atoms with Crippen LogP contribution in [0.25, 0.3) is 0 Å². The molecule has 0 aliphatic heterocycles. The van der Waals surface area contributed by atoms with Crippen molar-refractivity contribution in [2.24, 2.45) is 0 Å². The molecule has 0 radical (unpaired) electrons. The molecule has 0 heterocycles. The van der Waals surface area contributed by atoms with Crippen LogP contribution in [-0.4, -0.2) is 10.9 Å². The molecule has 0 N–H and O–H groups in total. The minimum absolute atomic E-state index is 0.0883. The lowest BCUT2D eigenvalue weighted by molar-refractivity contribution is -0.384. The number of rotatable bonds is 3. The maximum absolute atomic E-state index is 13.6. The van der Waals surface area contributed by atoms with Gasteiger partial charge in [0.15, 0.2) is 0 Å². The van der Waals surface area contributed by atoms with Crippen LogP contribution in [0, 0.1) is 15.9 Å². The van der Waals surface area contributed by atoms with Crippen molar-refractivity contribution >= 4 is 39.2 Å². The zero-order chi connectivity index (χ0) is 15.6. The Morgan fingerprint density at radius 3 is 2.57 bits per heavy atom. The van der Waals surface area contributed by atoms with E-state index in [0.717, 1.165) is 18.2 Å². The first-order valence-corrected chi connectivity index (χ1v) is 6.67. The highest BCUT2D eigenvalue weighted by Crippen LogP contribution is 2.29. The molecule has 5 nitrogen and oxygen atoms in total. The monoisotopic (exact) mass is 373 g/mol. The summed E-state index contributed by atoms with van der Waals surface area (Å²) in [4.78, 5) is 21.8. The minimum atomic E-state index is -0.948. The third-order valence-electron chi connectivity index (χ3n) is 2.48. The molecule has 2 rings (SSSR count). The first kappa shape index (κ1) is 15.4. The highest BCUT2D eigenvalue weighted by molar-refractivity contribution is 9.10. The molecule has 0 spiro atoms. The molecule has 0 aliphatic carbocycles. The van der Waals surface area contributed by atoms with Gasteiger partial charge in [-0.15, -0.1) is 0 Å². The summed E-state index contributed by atoms with van der Waals surface area (Å²) in [7, 11) is 0. The molecule has 0 saturated carbocycles. The lowest BCUT2D eigenvalue weighted by Crippen LogP contribution is -2.11. The van der Waals surface area contributed by atoms with Gasteiger partial charge in [0.05, 0.1) is 15.5 Å². The quantitative estimate of drug-likeness (QED) is 0.346. The Morgan fingerprint density at radius 1 is 1.29 bits per heavy atom. The van der Waals surface area contributed by atoms with Crippen LogP contribution in [0.15, 0.2) is 40.9 Å². The molecule has 0 aromatic heterocycles. The van der Waals surface area contributed by atoms with Crippen molar-refractivity contribution < 1.29 is 18.8 Å². The summed E-state index contributed by atoms with van der Waals surface area (Å²) in [5.74, 6) is -1.79. The number of carbonyl (C=O) groups excluding carboxylic acids is 1. The van der Waals surface area contributed by atoms with Gasteiger partial charge in [-0.05, 0) is 24.3 Å². The first-order chi connectivity index (χ1) is 9.88. The number of nitro groups is 1. The van der Waals surface area contributed by atoms with E-state index < -0.39 is 16.7 Å². The zero-order valence-corrected chi connectivity index (χ0v) is 12.5. The number of hydrogen-bond acceptors (Lipinski definition) is 4. The van der Waals surface area contributed by atoms with Gasteiger partial charge in [-0.25, -0.2) is 9.18 Å². The van der Waals surface area contributed by atoms with Crippen molar-refractivity contribution in [3.8, 4) is 5.75 Å². The average molecular weight is 375 g/mol. The standard InChI is InChI=1S/C13H6BrClFNO4/c14-7-1-3-9(11(16)5-7)13(18)21-12-4-2-8(17(19)20)6-10(12)15/h1-6H. The number of carbonyl (C=O) groups is 1. The van der Waals surface area contributed by atoms with Crippen molar-refractivity contribution in [2.45, 2.75) is 0 Å². The van der Waals surface area contributed by atoms with Crippen LogP contribution in [0.2, 0.25) is 5.02 Å². The maximum atomic E-state index is 13.6. The Labute approximate surface area is 131 Å². The fraction of sp³-hybridized carbons (Fsp3) is 0. The predicted molar refractivity (Wildman–Crippen MR) is 77.2 cm³/mol. The lowest BCUT2D eigenvalue weighted by Gasteiger charge is -2.07. The van der Waals surface area contributed by atoms with Crippen molar-refractivity contribution in [1.29, 1.82) is 0 Å². The maximum Gasteiger partial charge on any atom is 0.346 e. The van der Waals surface area contributed by atoms with Crippen molar-refractivity contribution in [1.82, 2.24) is 0 Å². The van der Waals surface area contributed by atoms with Gasteiger partial charge in [-0.3, -0.25) is 10.1 Å². The summed E-state index contributed by atoms with van der Waals surface area (Å²) in [5.41, 5.74) is -0.512. The van der Waals surface area contributed by atoms with Crippen molar-refractivity contribution in [3.05, 3.63) is 67.4 Å². The van der Waals surface area contributed by atoms with Crippen LogP contribution in [-0.2, 0) is 0 Å². The Morgan fingerprint density at radius 2 is 2.00 bits per heavy atom. The molecule has 0 bridgehead atoms. The van der Waals surface area contributed by atoms with E-state index in [1.54, 1.807) is 0 Å². The fourth-order valence-corrected chi connectivity index (χ4v) is 2.04. The van der Waals surface area contributed by atoms with E-state index in [1.165, 1.54) is 18.2 Å². The van der Waals surface area contributed by atoms with Crippen LogP contribution in [0.1, 0.15) is 10.4 Å². The Balaban J connectivity index is 2.25. The SMILES string of the molecule is O=C(Oc1ccc([N+](=O)[O-])cc1Cl)c1ccc(Br)cc1F. The van der Waals surface area contributed by atoms with Gasteiger partial charge in [-0.2, -0.15) is 0 Å². The Hall–Kier alpha value is -1.99. The molecule has 0 unspecified atom stereocenters. The smallest absolute Gasteiger partial charge is 0.346 e. The van der Waals surface area contributed by atoms with Crippen LogP contribution in [0.4, 0.5) is 10.1 Å². The molecule has 0 aliphatic rings. The third-order valence-corrected chi connectivity index (χ3v) is 3.27. The second kappa shape index (κ2) is 6.19. The molecule has 0 saturated heterocycles. The molecular weight excluding hydrogens is 369 g/mol. The summed E-state index contributed by atoms with van der Waals surface area (Å²) in [6, 6.07) is 7.20. The van der Waals surface area contributed by atoms with Crippen LogP contribution >= 0.6 is 27.5 Å². The minimum Gasteiger partial charge on any atom is -0.421 e. The number of hydrogen-bond donors (Lipinski definition) is 0. The second-order valence-electron chi connectivity index (χ2n) is 3.89. The number of halogens is 3. The molecule has 108 valence electrons. The van der Waals surface area contributed by atoms with Crippen LogP contribution in [0.5, 0.6) is 5.75 Å². The first-order valence-electron chi connectivity index (χ1n) is 5.49. The van der Waals surface area contributed by atoms with Gasteiger partial charge in [0.25, 0.3) is 5.69 Å². The van der Waals surface area contributed by atoms with E-state index in [-0.39, 0.29) is 22.0 Å². The predicted octanol–water partition coefficient (Wildman–Crippen LogP) is 4.37. The summed E-state index contributed by atoms with van der Waals surface area (Å²) < 4.78 is 19.0. The highest BCUT2D eigenvalue weighted by Gasteiger charge is 2.17. The molecule has 8 heteroatoms. The lowest BCUT2D eigenvalue weighted by atomic mass is 10.2. The summed E-state index contributed by atoms with van der Waals surface area (Å²) in [6.07, 6.45) is 0. The molecule has 0 amide bonds. The Kier molecular flexibility index (Phi) is 4.54. The van der Waals surface area contributed by atoms with E-state index in [1.807, 2.05) is 0 Å². The summed E-state index contributed by atoms with van der Waals surface area (Å²) in [6.45, 7) is 0. The largest absolute Gasteiger partial charge is 0.421 e. The van der Waals surface area contributed by atoms with Gasteiger partial charge in [0.2, 0.25) is 0 Å². The molecule has 0 atom stereocenters. The van der Waals surface area contributed by atoms with Gasteiger partial charge in [0.1, 0.15) is 11.6 Å². The van der Waals surface area contributed by atoms with Crippen LogP contribution < -0.4 is 4.74 Å². The third kappa shape index (κ3) is 3.56. The average Bonchev–Trinajstić information content (AvgIpc) is 2.40. The summed E-state index contributed by atoms with van der Waals surface area (Å²) in [5, 5.41) is 10.5. The van der Waals surface area contributed by atoms with Crippen LogP contribution in [0.3, 0.4) is 0 Å². The van der Waals surface area contributed by atoms with E-state index >= 15 is 0 Å². The van der Waals surface area contributed by atoms with Crippen molar-refractivity contribution in [2.75, 3.05) is 0 Å². The zero-order valence-electron chi connectivity index (χ0n) is 10.2. The normalized spacial score (nSPS) is 10.2. The highest BCUT2D eigenvalue weighted by atomic mass is 79.9. The fourth-order valence-electron chi connectivity index (χ4n) is 1.50. The van der Waals surface area contributed by atoms with Gasteiger partial charge < -0.3 is 4.74 Å². The molecule has 0 fully saturated rings. The number of nitrogens with zero attached hydrogens (tertiary/aromatic N) is 1. The summed E-state index contributed by atoms with van der Waals surface area (Å²) >= 11 is 8.86. The number of nitro benzene ring substituents is 1. The van der Waals surface area contributed by atoms with E-state index in [4.69, 9.17) is 16.3 Å². The molecule has 21 heavy (non-hydrogen) atoms.